The molecule has 0 unspecified atom stereocenters. The summed E-state index contributed by atoms with van der Waals surface area (Å²) in [7, 11) is 0. The zero-order valence-corrected chi connectivity index (χ0v) is 21.2. The Bertz CT molecular complexity index is 950. The van der Waals surface area contributed by atoms with Crippen molar-refractivity contribution in [3.63, 3.8) is 0 Å². The van der Waals surface area contributed by atoms with Crippen LogP contribution in [0.15, 0.2) is 10.5 Å². The van der Waals surface area contributed by atoms with Crippen LogP contribution < -0.4 is 0 Å². The molecular formula is C28H42O. The maximum atomic E-state index is 5.71. The molecule has 1 aromatic carbocycles. The molecule has 1 aliphatic rings. The number of hydrogen-bond acceptors (Lipinski definition) is 1. The lowest BCUT2D eigenvalue weighted by Gasteiger charge is -2.25. The molecule has 1 nitrogen and oxygen atoms in total. The summed E-state index contributed by atoms with van der Waals surface area (Å²) in [6, 6.07) is 0. The average molecular weight is 395 g/mol. The Kier molecular flexibility index (Phi) is 6.34. The molecule has 0 amide bonds. The lowest BCUT2D eigenvalue weighted by molar-refractivity contribution is 0.392. The highest BCUT2D eigenvalue weighted by atomic mass is 16.3. The van der Waals surface area contributed by atoms with E-state index in [-0.39, 0.29) is 10.8 Å². The first-order valence-corrected chi connectivity index (χ1v) is 11.0. The average Bonchev–Trinajstić information content (AvgIpc) is 3.16. The number of hydrogen-bond donors (Lipinski definition) is 0. The van der Waals surface area contributed by atoms with Gasteiger partial charge in [-0.05, 0) is 110 Å². The standard InChI is InChI=1S/C17H24.C11H18O/c1-10-11(2)13(4)16-14(12(10)3)8-9-15(16)17(5,6)7;1-7-8(2)10(11(4,5)6)12-9(7)3/h9H,8H2,1-7H3;1-6H3. The van der Waals surface area contributed by atoms with Gasteiger partial charge < -0.3 is 4.42 Å². The van der Waals surface area contributed by atoms with Gasteiger partial charge in [0.1, 0.15) is 11.5 Å². The predicted octanol–water partition coefficient (Wildman–Crippen LogP) is 8.41. The van der Waals surface area contributed by atoms with Crippen LogP contribution in [-0.4, -0.2) is 0 Å². The van der Waals surface area contributed by atoms with Crippen molar-refractivity contribution in [2.75, 3.05) is 0 Å². The van der Waals surface area contributed by atoms with Crippen LogP contribution in [0.1, 0.15) is 97.6 Å². The van der Waals surface area contributed by atoms with E-state index in [9.17, 15) is 0 Å². The molecule has 0 fully saturated rings. The number of furan rings is 1. The summed E-state index contributed by atoms with van der Waals surface area (Å²) >= 11 is 0. The largest absolute Gasteiger partial charge is 0.465 e. The highest BCUT2D eigenvalue weighted by Gasteiger charge is 2.28. The van der Waals surface area contributed by atoms with Crippen molar-refractivity contribution >= 4 is 5.57 Å². The van der Waals surface area contributed by atoms with E-state index in [1.807, 2.05) is 6.92 Å². The maximum absolute atomic E-state index is 5.71. The van der Waals surface area contributed by atoms with Gasteiger partial charge in [-0.2, -0.15) is 0 Å². The van der Waals surface area contributed by atoms with Crippen LogP contribution >= 0.6 is 0 Å². The van der Waals surface area contributed by atoms with Gasteiger partial charge in [0.05, 0.1) is 0 Å². The first-order chi connectivity index (χ1) is 13.1. The molecule has 0 saturated heterocycles. The Morgan fingerprint density at radius 3 is 1.52 bits per heavy atom. The third-order valence-electron chi connectivity index (χ3n) is 6.77. The van der Waals surface area contributed by atoms with E-state index < -0.39 is 0 Å². The van der Waals surface area contributed by atoms with Crippen LogP contribution in [0.5, 0.6) is 0 Å². The minimum absolute atomic E-state index is 0.128. The van der Waals surface area contributed by atoms with Crippen molar-refractivity contribution in [2.24, 2.45) is 5.41 Å². The molecule has 3 rings (SSSR count). The van der Waals surface area contributed by atoms with Gasteiger partial charge in [-0.25, -0.2) is 0 Å². The molecule has 160 valence electrons. The van der Waals surface area contributed by atoms with Gasteiger partial charge in [-0.3, -0.25) is 0 Å². The Morgan fingerprint density at radius 1 is 0.621 bits per heavy atom. The SMILES string of the molecule is Cc1c(C)c(C)c2c(c1C)CC=C2C(C)(C)C.Cc1oc(C(C)(C)C)c(C)c1C. The number of aryl methyl sites for hydroxylation is 1. The minimum Gasteiger partial charge on any atom is -0.465 e. The van der Waals surface area contributed by atoms with Crippen LogP contribution in [0.4, 0.5) is 0 Å². The molecule has 0 spiro atoms. The molecule has 1 heteroatoms. The minimum atomic E-state index is 0.128. The Balaban J connectivity index is 0.000000221. The molecule has 1 aromatic heterocycles. The predicted molar refractivity (Wildman–Crippen MR) is 128 cm³/mol. The van der Waals surface area contributed by atoms with E-state index in [0.29, 0.717) is 0 Å². The van der Waals surface area contributed by atoms with Crippen molar-refractivity contribution in [3.8, 4) is 0 Å². The smallest absolute Gasteiger partial charge is 0.112 e. The lowest BCUT2D eigenvalue weighted by Crippen LogP contribution is -2.11. The van der Waals surface area contributed by atoms with Crippen LogP contribution in [0.2, 0.25) is 0 Å². The van der Waals surface area contributed by atoms with Crippen molar-refractivity contribution < 1.29 is 4.42 Å². The molecule has 0 saturated carbocycles. The monoisotopic (exact) mass is 394 g/mol. The third kappa shape index (κ3) is 4.39. The molecule has 29 heavy (non-hydrogen) atoms. The third-order valence-corrected chi connectivity index (χ3v) is 6.77. The van der Waals surface area contributed by atoms with Crippen molar-refractivity contribution in [2.45, 2.75) is 102 Å². The highest BCUT2D eigenvalue weighted by molar-refractivity contribution is 5.80. The van der Waals surface area contributed by atoms with Gasteiger partial charge in [0, 0.05) is 5.41 Å². The topological polar surface area (TPSA) is 13.1 Å². The zero-order valence-electron chi connectivity index (χ0n) is 21.2. The summed E-state index contributed by atoms with van der Waals surface area (Å²) < 4.78 is 5.71. The summed E-state index contributed by atoms with van der Waals surface area (Å²) in [6.45, 7) is 28.8. The van der Waals surface area contributed by atoms with Crippen LogP contribution in [0, 0.1) is 53.9 Å². The molecule has 0 N–H and O–H groups in total. The van der Waals surface area contributed by atoms with Crippen LogP contribution in [0.25, 0.3) is 5.57 Å². The first kappa shape index (κ1) is 23.5. The second-order valence-corrected chi connectivity index (χ2v) is 10.9. The zero-order chi connectivity index (χ0) is 22.5. The Labute approximate surface area is 179 Å². The van der Waals surface area contributed by atoms with E-state index in [2.05, 4.69) is 89.2 Å². The molecule has 0 aliphatic heterocycles. The fraction of sp³-hybridized carbons (Fsp3) is 0.571. The van der Waals surface area contributed by atoms with Crippen molar-refractivity contribution in [1.82, 2.24) is 0 Å². The molecule has 0 radical (unpaired) electrons. The molecule has 0 atom stereocenters. The van der Waals surface area contributed by atoms with Gasteiger partial charge in [0.25, 0.3) is 0 Å². The van der Waals surface area contributed by atoms with Crippen molar-refractivity contribution in [1.29, 1.82) is 0 Å². The molecule has 1 aliphatic carbocycles. The summed E-state index contributed by atoms with van der Waals surface area (Å²) in [5.74, 6) is 2.18. The molecular weight excluding hydrogens is 352 g/mol. The maximum Gasteiger partial charge on any atom is 0.112 e. The normalized spacial score (nSPS) is 13.8. The fourth-order valence-electron chi connectivity index (χ4n) is 4.45. The number of rotatable bonds is 0. The quantitative estimate of drug-likeness (QED) is 0.437. The Morgan fingerprint density at radius 2 is 1.14 bits per heavy atom. The van der Waals surface area contributed by atoms with Crippen LogP contribution in [-0.2, 0) is 11.8 Å². The second-order valence-electron chi connectivity index (χ2n) is 10.9. The van der Waals surface area contributed by atoms with Gasteiger partial charge in [0.15, 0.2) is 0 Å². The number of allylic oxidation sites excluding steroid dienone is 2. The molecule has 1 heterocycles. The van der Waals surface area contributed by atoms with E-state index in [1.165, 1.54) is 44.5 Å². The summed E-state index contributed by atoms with van der Waals surface area (Å²) in [5.41, 5.74) is 13.6. The van der Waals surface area contributed by atoms with E-state index >= 15 is 0 Å². The fourth-order valence-corrected chi connectivity index (χ4v) is 4.45. The summed E-state index contributed by atoms with van der Waals surface area (Å²) in [4.78, 5) is 0. The Hall–Kier alpha value is -1.76. The van der Waals surface area contributed by atoms with Gasteiger partial charge >= 0.3 is 0 Å². The van der Waals surface area contributed by atoms with Gasteiger partial charge in [0.2, 0.25) is 0 Å². The molecule has 2 aromatic rings. The van der Waals surface area contributed by atoms with E-state index in [4.69, 9.17) is 4.42 Å². The van der Waals surface area contributed by atoms with Gasteiger partial charge in [-0.1, -0.05) is 47.6 Å². The first-order valence-electron chi connectivity index (χ1n) is 11.0. The lowest BCUT2D eigenvalue weighted by atomic mass is 9.79. The van der Waals surface area contributed by atoms with Crippen LogP contribution in [0.3, 0.4) is 0 Å². The summed E-state index contributed by atoms with van der Waals surface area (Å²) in [5, 5.41) is 0. The number of benzene rings is 1. The summed E-state index contributed by atoms with van der Waals surface area (Å²) in [6.07, 6.45) is 3.55. The molecule has 0 bridgehead atoms. The van der Waals surface area contributed by atoms with Gasteiger partial charge in [-0.15, -0.1) is 0 Å². The second kappa shape index (κ2) is 7.82. The number of fused-ring (bicyclic) bond motifs is 1. The van der Waals surface area contributed by atoms with E-state index in [0.717, 1.165) is 17.9 Å². The van der Waals surface area contributed by atoms with Crippen molar-refractivity contribution in [3.05, 3.63) is 62.1 Å². The van der Waals surface area contributed by atoms with E-state index in [1.54, 1.807) is 5.56 Å². The highest BCUT2D eigenvalue weighted by Crippen LogP contribution is 2.44.